The number of hydrogen-bond donors (Lipinski definition) is 2. The number of nitro benzene ring substituents is 1. The molecule has 7 heteroatoms. The Labute approximate surface area is 122 Å². The third-order valence-electron chi connectivity index (χ3n) is 2.90. The maximum absolute atomic E-state index is 11.0. The molecule has 0 spiro atoms. The highest BCUT2D eigenvalue weighted by atomic mass is 16.6. The number of aryl methyl sites for hydroxylation is 1. The molecular weight excluding hydrogens is 272 g/mol. The van der Waals surface area contributed by atoms with Crippen LogP contribution in [0.25, 0.3) is 0 Å². The maximum Gasteiger partial charge on any atom is 0.273 e. The monoisotopic (exact) mass is 290 g/mol. The van der Waals surface area contributed by atoms with E-state index in [9.17, 15) is 10.1 Å². The highest BCUT2D eigenvalue weighted by Crippen LogP contribution is 2.27. The first-order valence-corrected chi connectivity index (χ1v) is 6.71. The van der Waals surface area contributed by atoms with Gasteiger partial charge >= 0.3 is 0 Å². The Bertz CT molecular complexity index is 639. The molecule has 2 aromatic rings. The van der Waals surface area contributed by atoms with Gasteiger partial charge in [-0.05, 0) is 26.8 Å². The zero-order chi connectivity index (χ0) is 15.4. The van der Waals surface area contributed by atoms with Crippen LogP contribution in [0.2, 0.25) is 0 Å². The van der Waals surface area contributed by atoms with E-state index in [1.54, 1.807) is 6.20 Å². The van der Waals surface area contributed by atoms with Gasteiger partial charge in [0.2, 0.25) is 5.89 Å². The largest absolute Gasteiger partial charge is 0.444 e. The summed E-state index contributed by atoms with van der Waals surface area (Å²) in [6, 6.07) is 4.64. The van der Waals surface area contributed by atoms with Crippen LogP contribution in [0.1, 0.15) is 31.5 Å². The second-order valence-electron chi connectivity index (χ2n) is 4.73. The van der Waals surface area contributed by atoms with Crippen molar-refractivity contribution in [1.82, 2.24) is 4.98 Å². The molecule has 7 nitrogen and oxygen atoms in total. The van der Waals surface area contributed by atoms with Gasteiger partial charge in [0.1, 0.15) is 11.8 Å². The van der Waals surface area contributed by atoms with Crippen LogP contribution in [-0.2, 0) is 0 Å². The standard InChI is InChI=1S/C14H18N4O3/c1-4-15-11-5-12(7-13(6-11)18(19)20)17-10(3)14-16-8-9(2)21-14/h5-8,10,15,17H,4H2,1-3H3. The lowest BCUT2D eigenvalue weighted by molar-refractivity contribution is -0.384. The minimum atomic E-state index is -0.411. The lowest BCUT2D eigenvalue weighted by Gasteiger charge is -2.13. The van der Waals surface area contributed by atoms with Crippen molar-refractivity contribution in [3.63, 3.8) is 0 Å². The summed E-state index contributed by atoms with van der Waals surface area (Å²) >= 11 is 0. The number of nitrogens with zero attached hydrogens (tertiary/aromatic N) is 2. The number of nitro groups is 1. The van der Waals surface area contributed by atoms with Crippen LogP contribution in [0, 0.1) is 17.0 Å². The average Bonchev–Trinajstić information content (AvgIpc) is 2.85. The Kier molecular flexibility index (Phi) is 4.42. The zero-order valence-electron chi connectivity index (χ0n) is 12.2. The van der Waals surface area contributed by atoms with E-state index >= 15 is 0 Å². The molecule has 0 aliphatic rings. The number of benzene rings is 1. The molecule has 1 aromatic heterocycles. The van der Waals surface area contributed by atoms with E-state index in [2.05, 4.69) is 15.6 Å². The molecule has 112 valence electrons. The number of anilines is 2. The SMILES string of the molecule is CCNc1cc(NC(C)c2ncc(C)o2)cc([N+](=O)[O-])c1. The molecule has 0 saturated heterocycles. The predicted molar refractivity (Wildman–Crippen MR) is 80.5 cm³/mol. The van der Waals surface area contributed by atoms with E-state index in [0.29, 0.717) is 23.8 Å². The van der Waals surface area contributed by atoms with Crippen molar-refractivity contribution in [3.8, 4) is 0 Å². The molecule has 0 amide bonds. The fourth-order valence-electron chi connectivity index (χ4n) is 1.99. The van der Waals surface area contributed by atoms with E-state index in [-0.39, 0.29) is 11.7 Å². The molecule has 1 unspecified atom stereocenters. The van der Waals surface area contributed by atoms with Gasteiger partial charge in [0, 0.05) is 30.1 Å². The van der Waals surface area contributed by atoms with Gasteiger partial charge in [0.15, 0.2) is 0 Å². The summed E-state index contributed by atoms with van der Waals surface area (Å²) in [5, 5.41) is 17.2. The third-order valence-corrected chi connectivity index (χ3v) is 2.90. The van der Waals surface area contributed by atoms with Crippen molar-refractivity contribution >= 4 is 17.1 Å². The molecule has 0 fully saturated rings. The van der Waals surface area contributed by atoms with Crippen LogP contribution in [-0.4, -0.2) is 16.5 Å². The van der Waals surface area contributed by atoms with E-state index in [4.69, 9.17) is 4.42 Å². The Balaban J connectivity index is 2.23. The number of aromatic nitrogens is 1. The molecule has 2 N–H and O–H groups in total. The Morgan fingerprint density at radius 3 is 2.67 bits per heavy atom. The zero-order valence-corrected chi connectivity index (χ0v) is 12.2. The highest BCUT2D eigenvalue weighted by Gasteiger charge is 2.14. The van der Waals surface area contributed by atoms with Crippen LogP contribution >= 0.6 is 0 Å². The summed E-state index contributed by atoms with van der Waals surface area (Å²) in [4.78, 5) is 14.7. The molecule has 0 saturated carbocycles. The Hall–Kier alpha value is -2.57. The normalized spacial score (nSPS) is 12.0. The van der Waals surface area contributed by atoms with E-state index in [0.717, 1.165) is 5.76 Å². The molecular formula is C14H18N4O3. The van der Waals surface area contributed by atoms with Crippen LogP contribution < -0.4 is 10.6 Å². The highest BCUT2D eigenvalue weighted by molar-refractivity contribution is 5.63. The minimum absolute atomic E-state index is 0.0340. The molecule has 1 heterocycles. The molecule has 0 bridgehead atoms. The van der Waals surface area contributed by atoms with E-state index in [1.807, 2.05) is 26.8 Å². The summed E-state index contributed by atoms with van der Waals surface area (Å²) in [6.07, 6.45) is 1.64. The topological polar surface area (TPSA) is 93.2 Å². The lowest BCUT2D eigenvalue weighted by Crippen LogP contribution is -2.08. The van der Waals surface area contributed by atoms with Crippen LogP contribution in [0.5, 0.6) is 0 Å². The summed E-state index contributed by atoms with van der Waals surface area (Å²) in [6.45, 7) is 6.33. The van der Waals surface area contributed by atoms with Crippen molar-refractivity contribution in [2.24, 2.45) is 0 Å². The molecule has 2 rings (SSSR count). The van der Waals surface area contributed by atoms with Crippen LogP contribution in [0.15, 0.2) is 28.8 Å². The number of non-ortho nitro benzene ring substituents is 1. The first-order chi connectivity index (χ1) is 9.99. The minimum Gasteiger partial charge on any atom is -0.444 e. The van der Waals surface area contributed by atoms with Crippen LogP contribution in [0.3, 0.4) is 0 Å². The van der Waals surface area contributed by atoms with Gasteiger partial charge in [-0.3, -0.25) is 10.1 Å². The van der Waals surface area contributed by atoms with Gasteiger partial charge in [-0.1, -0.05) is 0 Å². The van der Waals surface area contributed by atoms with Crippen molar-refractivity contribution in [2.75, 3.05) is 17.2 Å². The van der Waals surface area contributed by atoms with Crippen molar-refractivity contribution in [1.29, 1.82) is 0 Å². The summed E-state index contributed by atoms with van der Waals surface area (Å²) < 4.78 is 5.45. The second kappa shape index (κ2) is 6.25. The van der Waals surface area contributed by atoms with Gasteiger partial charge < -0.3 is 15.1 Å². The van der Waals surface area contributed by atoms with E-state index < -0.39 is 4.92 Å². The molecule has 1 atom stereocenters. The molecule has 21 heavy (non-hydrogen) atoms. The van der Waals surface area contributed by atoms with Crippen molar-refractivity contribution in [2.45, 2.75) is 26.8 Å². The summed E-state index contributed by atoms with van der Waals surface area (Å²) in [5.74, 6) is 1.27. The average molecular weight is 290 g/mol. The first kappa shape index (κ1) is 14.8. The van der Waals surface area contributed by atoms with Crippen molar-refractivity contribution in [3.05, 3.63) is 46.2 Å². The lowest BCUT2D eigenvalue weighted by atomic mass is 10.2. The smallest absolute Gasteiger partial charge is 0.273 e. The van der Waals surface area contributed by atoms with Gasteiger partial charge in [0.05, 0.1) is 11.1 Å². The summed E-state index contributed by atoms with van der Waals surface area (Å²) in [7, 11) is 0. The van der Waals surface area contributed by atoms with Crippen molar-refractivity contribution < 1.29 is 9.34 Å². The Morgan fingerprint density at radius 1 is 1.38 bits per heavy atom. The third kappa shape index (κ3) is 3.71. The van der Waals surface area contributed by atoms with Crippen LogP contribution in [0.4, 0.5) is 17.1 Å². The first-order valence-electron chi connectivity index (χ1n) is 6.71. The number of hydrogen-bond acceptors (Lipinski definition) is 6. The Morgan fingerprint density at radius 2 is 2.10 bits per heavy atom. The fourth-order valence-corrected chi connectivity index (χ4v) is 1.99. The number of nitrogens with one attached hydrogen (secondary N) is 2. The van der Waals surface area contributed by atoms with Gasteiger partial charge in [-0.25, -0.2) is 4.98 Å². The number of oxazole rings is 1. The quantitative estimate of drug-likeness (QED) is 0.624. The number of rotatable bonds is 6. The molecule has 1 aromatic carbocycles. The molecule has 0 aliphatic heterocycles. The second-order valence-corrected chi connectivity index (χ2v) is 4.73. The van der Waals surface area contributed by atoms with Gasteiger partial charge in [-0.15, -0.1) is 0 Å². The predicted octanol–water partition coefficient (Wildman–Crippen LogP) is 3.50. The van der Waals surface area contributed by atoms with E-state index in [1.165, 1.54) is 12.1 Å². The summed E-state index contributed by atoms with van der Waals surface area (Å²) in [5.41, 5.74) is 1.38. The fraction of sp³-hybridized carbons (Fsp3) is 0.357. The molecule has 0 aliphatic carbocycles. The maximum atomic E-state index is 11.0. The van der Waals surface area contributed by atoms with Gasteiger partial charge in [-0.2, -0.15) is 0 Å². The van der Waals surface area contributed by atoms with Gasteiger partial charge in [0.25, 0.3) is 5.69 Å². The molecule has 0 radical (unpaired) electrons.